The Morgan fingerprint density at radius 3 is 2.52 bits per heavy atom. The van der Waals surface area contributed by atoms with Gasteiger partial charge in [0.15, 0.2) is 11.6 Å². The van der Waals surface area contributed by atoms with E-state index in [9.17, 15) is 19.5 Å². The highest BCUT2D eigenvalue weighted by Gasteiger charge is 2.69. The van der Waals surface area contributed by atoms with Gasteiger partial charge in [-0.2, -0.15) is 0 Å². The number of carbonyl (C=O) groups is 3. The lowest BCUT2D eigenvalue weighted by Gasteiger charge is -2.60. The molecular formula is C23H32O6. The molecule has 0 aromatic heterocycles. The van der Waals surface area contributed by atoms with Gasteiger partial charge in [-0.1, -0.05) is 20.4 Å². The largest absolute Gasteiger partial charge is 0.504 e. The van der Waals surface area contributed by atoms with Crippen LogP contribution in [0.5, 0.6) is 0 Å². The molecular weight excluding hydrogens is 372 g/mol. The highest BCUT2D eigenvalue weighted by molar-refractivity contribution is 6.10. The number of aliphatic hydroxyl groups excluding tert-OH is 1. The van der Waals surface area contributed by atoms with Gasteiger partial charge in [0.2, 0.25) is 0 Å². The summed E-state index contributed by atoms with van der Waals surface area (Å²) in [6.45, 7) is 10.7. The maximum absolute atomic E-state index is 13.5. The summed E-state index contributed by atoms with van der Waals surface area (Å²) in [7, 11) is 1.49. The number of methoxy groups -OCH3 is 1. The quantitative estimate of drug-likeness (QED) is 0.416. The van der Waals surface area contributed by atoms with Crippen molar-refractivity contribution < 1.29 is 29.0 Å². The van der Waals surface area contributed by atoms with E-state index in [2.05, 4.69) is 6.58 Å². The molecule has 3 fully saturated rings. The predicted octanol–water partition coefficient (Wildman–Crippen LogP) is 2.99. The van der Waals surface area contributed by atoms with Gasteiger partial charge in [0.05, 0.1) is 25.0 Å². The summed E-state index contributed by atoms with van der Waals surface area (Å²) < 4.78 is 10.8. The van der Waals surface area contributed by atoms with Crippen LogP contribution in [0.15, 0.2) is 24.2 Å². The molecule has 0 bridgehead atoms. The zero-order valence-corrected chi connectivity index (χ0v) is 18.0. The monoisotopic (exact) mass is 404 g/mol. The van der Waals surface area contributed by atoms with Crippen LogP contribution in [0.3, 0.4) is 0 Å². The average molecular weight is 405 g/mol. The van der Waals surface area contributed by atoms with Gasteiger partial charge in [-0.05, 0) is 56.8 Å². The number of rotatable bonds is 6. The van der Waals surface area contributed by atoms with E-state index in [1.54, 1.807) is 0 Å². The number of hydrogen-bond acceptors (Lipinski definition) is 6. The topological polar surface area (TPSA) is 89.9 Å². The van der Waals surface area contributed by atoms with Crippen molar-refractivity contribution in [1.82, 2.24) is 0 Å². The normalized spacial score (nSPS) is 37.0. The van der Waals surface area contributed by atoms with Crippen molar-refractivity contribution in [2.75, 3.05) is 7.11 Å². The molecule has 6 nitrogen and oxygen atoms in total. The number of aliphatic hydroxyl groups is 1. The van der Waals surface area contributed by atoms with Gasteiger partial charge in [0.25, 0.3) is 0 Å². The molecule has 0 aromatic rings. The summed E-state index contributed by atoms with van der Waals surface area (Å²) in [4.78, 5) is 38.3. The summed E-state index contributed by atoms with van der Waals surface area (Å²) in [6.07, 6.45) is 2.11. The van der Waals surface area contributed by atoms with E-state index in [0.29, 0.717) is 24.2 Å². The number of carbonyl (C=O) groups excluding carboxylic acids is 3. The minimum absolute atomic E-state index is 0.00446. The second-order valence-electron chi connectivity index (χ2n) is 9.56. The van der Waals surface area contributed by atoms with E-state index < -0.39 is 28.8 Å². The van der Waals surface area contributed by atoms with Crippen molar-refractivity contribution >= 4 is 17.3 Å². The molecule has 6 unspecified atom stereocenters. The highest BCUT2D eigenvalue weighted by atomic mass is 16.5. The van der Waals surface area contributed by atoms with Crippen LogP contribution in [-0.2, 0) is 23.9 Å². The first kappa shape index (κ1) is 21.8. The smallest absolute Gasteiger partial charge is 0.179 e. The minimum Gasteiger partial charge on any atom is -0.504 e. The van der Waals surface area contributed by atoms with Crippen molar-refractivity contribution in [2.24, 2.45) is 28.6 Å². The van der Waals surface area contributed by atoms with E-state index in [1.165, 1.54) is 27.2 Å². The van der Waals surface area contributed by atoms with Crippen molar-refractivity contribution in [3.8, 4) is 0 Å². The molecule has 1 heterocycles. The summed E-state index contributed by atoms with van der Waals surface area (Å²) >= 11 is 0. The molecule has 0 aromatic carbocycles. The second kappa shape index (κ2) is 7.38. The minimum atomic E-state index is -1.29. The molecule has 3 rings (SSSR count). The Kier molecular flexibility index (Phi) is 5.54. The van der Waals surface area contributed by atoms with Crippen molar-refractivity contribution in [3.63, 3.8) is 0 Å². The maximum Gasteiger partial charge on any atom is 0.179 e. The van der Waals surface area contributed by atoms with Gasteiger partial charge < -0.3 is 14.6 Å². The lowest BCUT2D eigenvalue weighted by atomic mass is 9.47. The zero-order valence-electron chi connectivity index (χ0n) is 18.0. The van der Waals surface area contributed by atoms with Gasteiger partial charge in [0.1, 0.15) is 23.4 Å². The third-order valence-electron chi connectivity index (χ3n) is 7.52. The molecule has 6 atom stereocenters. The molecule has 160 valence electrons. The first-order valence-electron chi connectivity index (χ1n) is 10.3. The van der Waals surface area contributed by atoms with Crippen LogP contribution in [0.25, 0.3) is 0 Å². The van der Waals surface area contributed by atoms with Crippen LogP contribution in [0.1, 0.15) is 53.4 Å². The van der Waals surface area contributed by atoms with E-state index in [0.717, 1.165) is 12.8 Å². The Labute approximate surface area is 172 Å². The third kappa shape index (κ3) is 3.16. The average Bonchev–Trinajstić information content (AvgIpc) is 2.62. The first-order chi connectivity index (χ1) is 13.5. The molecule has 1 saturated heterocycles. The van der Waals surface area contributed by atoms with E-state index in [1.807, 2.05) is 13.8 Å². The standard InChI is InChI=1S/C23H32O6/c1-12(24)15(11-28-6)10-22(4,5)18-9-16-7-8-17-13(2)29-21(17)23(16,14(3)25)20(27)19(18)26/h11,16-19,21,26H,2,7-10H2,1,3-6H3/b15-11+. The highest BCUT2D eigenvalue weighted by Crippen LogP contribution is 2.61. The lowest BCUT2D eigenvalue weighted by Crippen LogP contribution is -2.69. The molecule has 2 aliphatic carbocycles. The van der Waals surface area contributed by atoms with Crippen LogP contribution in [0, 0.1) is 28.6 Å². The van der Waals surface area contributed by atoms with Crippen LogP contribution in [0.4, 0.5) is 0 Å². The molecule has 29 heavy (non-hydrogen) atoms. The van der Waals surface area contributed by atoms with E-state index in [-0.39, 0.29) is 29.3 Å². The molecule has 6 heteroatoms. The third-order valence-corrected chi connectivity index (χ3v) is 7.52. The Morgan fingerprint density at radius 1 is 1.34 bits per heavy atom. The molecule has 0 radical (unpaired) electrons. The summed E-state index contributed by atoms with van der Waals surface area (Å²) in [5.41, 5.74) is -1.31. The molecule has 0 spiro atoms. The molecule has 3 aliphatic rings. The van der Waals surface area contributed by atoms with E-state index >= 15 is 0 Å². The first-order valence-corrected chi connectivity index (χ1v) is 10.3. The number of hydrogen-bond donors (Lipinski definition) is 1. The van der Waals surface area contributed by atoms with Crippen LogP contribution < -0.4 is 0 Å². The van der Waals surface area contributed by atoms with Crippen LogP contribution in [0.2, 0.25) is 0 Å². The predicted molar refractivity (Wildman–Crippen MR) is 107 cm³/mol. The molecule has 1 aliphatic heterocycles. The number of allylic oxidation sites excluding steroid dienone is 1. The SMILES string of the molecule is C=C1OC2C1CCC1CC(C(C)(C)C/C(=C\OC)C(C)=O)C(O)C(=O)C12C(C)=O. The fourth-order valence-electron chi connectivity index (χ4n) is 5.92. The Hall–Kier alpha value is -1.95. The van der Waals surface area contributed by atoms with Gasteiger partial charge in [0, 0.05) is 5.57 Å². The van der Waals surface area contributed by atoms with Gasteiger partial charge in [-0.25, -0.2) is 0 Å². The van der Waals surface area contributed by atoms with Gasteiger partial charge in [-0.3, -0.25) is 14.4 Å². The Morgan fingerprint density at radius 2 is 2.00 bits per heavy atom. The number of ether oxygens (including phenoxy) is 2. The molecule has 2 saturated carbocycles. The fraction of sp³-hybridized carbons (Fsp3) is 0.696. The van der Waals surface area contributed by atoms with Crippen LogP contribution in [-0.4, -0.2) is 41.8 Å². The van der Waals surface area contributed by atoms with Crippen LogP contribution >= 0.6 is 0 Å². The lowest BCUT2D eigenvalue weighted by molar-refractivity contribution is -0.208. The summed E-state index contributed by atoms with van der Waals surface area (Å²) in [5.74, 6) is -0.667. The van der Waals surface area contributed by atoms with E-state index in [4.69, 9.17) is 9.47 Å². The Bertz CT molecular complexity index is 778. The van der Waals surface area contributed by atoms with Gasteiger partial charge in [-0.15, -0.1) is 0 Å². The van der Waals surface area contributed by atoms with Crippen molar-refractivity contribution in [2.45, 2.75) is 65.6 Å². The molecule has 0 amide bonds. The Balaban J connectivity index is 1.94. The van der Waals surface area contributed by atoms with Gasteiger partial charge >= 0.3 is 0 Å². The summed E-state index contributed by atoms with van der Waals surface area (Å²) in [5, 5.41) is 11.1. The second-order valence-corrected chi connectivity index (χ2v) is 9.56. The number of ketones is 3. The molecule has 1 N–H and O–H groups in total. The van der Waals surface area contributed by atoms with Crippen molar-refractivity contribution in [3.05, 3.63) is 24.2 Å². The number of Topliss-reactive ketones (excluding diaryl/α,β-unsaturated/α-hetero) is 3. The zero-order chi connectivity index (χ0) is 21.7. The maximum atomic E-state index is 13.5. The number of fused-ring (bicyclic) bond motifs is 3. The van der Waals surface area contributed by atoms with Crippen molar-refractivity contribution in [1.29, 1.82) is 0 Å². The summed E-state index contributed by atoms with van der Waals surface area (Å²) in [6, 6.07) is 0. The fourth-order valence-corrected chi connectivity index (χ4v) is 5.92.